The smallest absolute Gasteiger partial charge is 0.123 e. The van der Waals surface area contributed by atoms with Gasteiger partial charge in [-0.1, -0.05) is 19.3 Å². The Labute approximate surface area is 85.9 Å². The summed E-state index contributed by atoms with van der Waals surface area (Å²) in [5.74, 6) is 0. The summed E-state index contributed by atoms with van der Waals surface area (Å²) in [5, 5.41) is 3.30. The molecular formula is C11H21FN2. The van der Waals surface area contributed by atoms with Gasteiger partial charge in [0, 0.05) is 32.7 Å². The van der Waals surface area contributed by atoms with Crippen molar-refractivity contribution in [3.05, 3.63) is 0 Å². The Kier molecular flexibility index (Phi) is 3.39. The lowest BCUT2D eigenvalue weighted by atomic mass is 9.86. The minimum absolute atomic E-state index is 0.675. The average molecular weight is 200 g/mol. The molecule has 0 aromatic heterocycles. The molecule has 1 saturated carbocycles. The minimum Gasteiger partial charge on any atom is -0.314 e. The molecule has 1 aliphatic carbocycles. The average Bonchev–Trinajstić information content (AvgIpc) is 2.19. The van der Waals surface area contributed by atoms with Crippen LogP contribution in [0.3, 0.4) is 0 Å². The molecule has 0 radical (unpaired) electrons. The highest BCUT2D eigenvalue weighted by atomic mass is 19.1. The Morgan fingerprint density at radius 2 is 1.71 bits per heavy atom. The zero-order valence-corrected chi connectivity index (χ0v) is 8.90. The molecule has 1 heterocycles. The van der Waals surface area contributed by atoms with Crippen molar-refractivity contribution in [2.75, 3.05) is 32.7 Å². The molecule has 0 aromatic carbocycles. The van der Waals surface area contributed by atoms with E-state index in [1.807, 2.05) is 0 Å². The number of alkyl halides is 1. The molecule has 0 amide bonds. The Bertz CT molecular complexity index is 172. The lowest BCUT2D eigenvalue weighted by Crippen LogP contribution is -2.49. The molecule has 1 aliphatic heterocycles. The predicted octanol–water partition coefficient (Wildman–Crippen LogP) is 1.56. The lowest BCUT2D eigenvalue weighted by molar-refractivity contribution is 0.0506. The quantitative estimate of drug-likeness (QED) is 0.728. The van der Waals surface area contributed by atoms with Crippen molar-refractivity contribution in [2.24, 2.45) is 0 Å². The van der Waals surface area contributed by atoms with Gasteiger partial charge in [-0.05, 0) is 12.8 Å². The largest absolute Gasteiger partial charge is 0.314 e. The maximum absolute atomic E-state index is 14.3. The molecule has 0 spiro atoms. The van der Waals surface area contributed by atoms with E-state index >= 15 is 0 Å². The fraction of sp³-hybridized carbons (Fsp3) is 1.00. The van der Waals surface area contributed by atoms with Gasteiger partial charge in [-0.25, -0.2) is 4.39 Å². The molecule has 3 heteroatoms. The summed E-state index contributed by atoms with van der Waals surface area (Å²) in [6, 6.07) is 0. The number of hydrogen-bond donors (Lipinski definition) is 1. The topological polar surface area (TPSA) is 15.3 Å². The molecule has 2 fully saturated rings. The van der Waals surface area contributed by atoms with E-state index in [0.29, 0.717) is 6.54 Å². The number of halogens is 1. The van der Waals surface area contributed by atoms with Crippen LogP contribution in [0.1, 0.15) is 32.1 Å². The van der Waals surface area contributed by atoms with Crippen LogP contribution in [0.4, 0.5) is 4.39 Å². The Morgan fingerprint density at radius 1 is 1.07 bits per heavy atom. The molecule has 1 saturated heterocycles. The fourth-order valence-electron chi connectivity index (χ4n) is 2.61. The maximum atomic E-state index is 14.3. The van der Waals surface area contributed by atoms with Gasteiger partial charge in [-0.15, -0.1) is 0 Å². The van der Waals surface area contributed by atoms with Gasteiger partial charge in [0.15, 0.2) is 0 Å². The highest BCUT2D eigenvalue weighted by Gasteiger charge is 2.33. The van der Waals surface area contributed by atoms with Crippen LogP contribution in [0.25, 0.3) is 0 Å². The van der Waals surface area contributed by atoms with Crippen LogP contribution < -0.4 is 5.32 Å². The Hall–Kier alpha value is -0.150. The van der Waals surface area contributed by atoms with Crippen LogP contribution in [0.2, 0.25) is 0 Å². The van der Waals surface area contributed by atoms with E-state index in [0.717, 1.165) is 51.9 Å². The van der Waals surface area contributed by atoms with E-state index in [1.54, 1.807) is 0 Å². The van der Waals surface area contributed by atoms with Crippen molar-refractivity contribution < 1.29 is 4.39 Å². The number of nitrogens with one attached hydrogen (secondary N) is 1. The molecule has 0 unspecified atom stereocenters. The van der Waals surface area contributed by atoms with Crippen molar-refractivity contribution in [3.63, 3.8) is 0 Å². The zero-order chi connectivity index (χ0) is 9.86. The van der Waals surface area contributed by atoms with Gasteiger partial charge in [0.2, 0.25) is 0 Å². The van der Waals surface area contributed by atoms with E-state index in [-0.39, 0.29) is 0 Å². The van der Waals surface area contributed by atoms with E-state index in [1.165, 1.54) is 6.42 Å². The maximum Gasteiger partial charge on any atom is 0.123 e. The molecule has 1 N–H and O–H groups in total. The second kappa shape index (κ2) is 4.58. The summed E-state index contributed by atoms with van der Waals surface area (Å²) >= 11 is 0. The van der Waals surface area contributed by atoms with Crippen LogP contribution in [0.15, 0.2) is 0 Å². The van der Waals surface area contributed by atoms with Gasteiger partial charge in [0.1, 0.15) is 5.67 Å². The van der Waals surface area contributed by atoms with Gasteiger partial charge >= 0.3 is 0 Å². The molecule has 2 rings (SSSR count). The van der Waals surface area contributed by atoms with Crippen LogP contribution in [0.5, 0.6) is 0 Å². The monoisotopic (exact) mass is 200 g/mol. The summed E-state index contributed by atoms with van der Waals surface area (Å²) in [5.41, 5.74) is -0.865. The summed E-state index contributed by atoms with van der Waals surface area (Å²) < 4.78 is 14.3. The van der Waals surface area contributed by atoms with Crippen LogP contribution in [0, 0.1) is 0 Å². The highest BCUT2D eigenvalue weighted by molar-refractivity contribution is 4.87. The predicted molar refractivity (Wildman–Crippen MR) is 56.2 cm³/mol. The van der Waals surface area contributed by atoms with E-state index < -0.39 is 5.67 Å². The van der Waals surface area contributed by atoms with Gasteiger partial charge in [-0.3, -0.25) is 4.90 Å². The van der Waals surface area contributed by atoms with E-state index in [2.05, 4.69) is 10.2 Å². The summed E-state index contributed by atoms with van der Waals surface area (Å²) in [6.07, 6.45) is 4.98. The molecule has 0 bridgehead atoms. The molecule has 0 aromatic rings. The van der Waals surface area contributed by atoms with Gasteiger partial charge in [-0.2, -0.15) is 0 Å². The number of hydrogen-bond acceptors (Lipinski definition) is 2. The zero-order valence-electron chi connectivity index (χ0n) is 8.90. The Balaban J connectivity index is 1.81. The van der Waals surface area contributed by atoms with Gasteiger partial charge < -0.3 is 5.32 Å². The number of piperazine rings is 1. The standard InChI is InChI=1S/C11H21FN2/c12-11(4-2-1-3-5-11)10-14-8-6-13-7-9-14/h13H,1-10H2. The van der Waals surface area contributed by atoms with Crippen LogP contribution in [-0.2, 0) is 0 Å². The fourth-order valence-corrected chi connectivity index (χ4v) is 2.61. The number of nitrogens with zero attached hydrogens (tertiary/aromatic N) is 1. The lowest BCUT2D eigenvalue weighted by Gasteiger charge is -2.36. The van der Waals surface area contributed by atoms with E-state index in [4.69, 9.17) is 0 Å². The van der Waals surface area contributed by atoms with E-state index in [9.17, 15) is 4.39 Å². The van der Waals surface area contributed by atoms with Crippen LogP contribution in [-0.4, -0.2) is 43.3 Å². The number of rotatable bonds is 2. The summed E-state index contributed by atoms with van der Waals surface area (Å²) in [6.45, 7) is 4.76. The first kappa shape index (κ1) is 10.4. The van der Waals surface area contributed by atoms with Gasteiger partial charge in [0.05, 0.1) is 0 Å². The third-order valence-electron chi connectivity index (χ3n) is 3.47. The molecule has 2 nitrogen and oxygen atoms in total. The first-order valence-electron chi connectivity index (χ1n) is 5.91. The molecule has 0 atom stereocenters. The van der Waals surface area contributed by atoms with Crippen LogP contribution >= 0.6 is 0 Å². The third-order valence-corrected chi connectivity index (χ3v) is 3.47. The third kappa shape index (κ3) is 2.67. The molecular weight excluding hydrogens is 179 g/mol. The first-order valence-corrected chi connectivity index (χ1v) is 5.91. The molecule has 14 heavy (non-hydrogen) atoms. The summed E-state index contributed by atoms with van der Waals surface area (Å²) in [7, 11) is 0. The summed E-state index contributed by atoms with van der Waals surface area (Å²) in [4.78, 5) is 2.28. The Morgan fingerprint density at radius 3 is 2.36 bits per heavy atom. The van der Waals surface area contributed by atoms with Crippen molar-refractivity contribution in [3.8, 4) is 0 Å². The second-order valence-electron chi connectivity index (χ2n) is 4.74. The highest BCUT2D eigenvalue weighted by Crippen LogP contribution is 2.32. The second-order valence-corrected chi connectivity index (χ2v) is 4.74. The normalized spacial score (nSPS) is 28.9. The van der Waals surface area contributed by atoms with Crippen molar-refractivity contribution >= 4 is 0 Å². The molecule has 82 valence electrons. The first-order chi connectivity index (χ1) is 6.79. The van der Waals surface area contributed by atoms with Crippen molar-refractivity contribution in [2.45, 2.75) is 37.8 Å². The SMILES string of the molecule is FC1(CN2CCNCC2)CCCCC1. The van der Waals surface area contributed by atoms with Crippen molar-refractivity contribution in [1.82, 2.24) is 10.2 Å². The van der Waals surface area contributed by atoms with Crippen molar-refractivity contribution in [1.29, 1.82) is 0 Å². The molecule has 2 aliphatic rings. The van der Waals surface area contributed by atoms with Gasteiger partial charge in [0.25, 0.3) is 0 Å². The minimum atomic E-state index is -0.865.